The van der Waals surface area contributed by atoms with Gasteiger partial charge in [0, 0.05) is 12.0 Å². The van der Waals surface area contributed by atoms with E-state index in [1.54, 1.807) is 30.3 Å². The molecule has 0 bridgehead atoms. The Balaban J connectivity index is 2.02. The quantitative estimate of drug-likeness (QED) is 0.684. The second-order valence-electron chi connectivity index (χ2n) is 4.81. The molecular formula is C17H12F3NO. The van der Waals surface area contributed by atoms with Crippen LogP contribution in [0.15, 0.2) is 65.1 Å². The van der Waals surface area contributed by atoms with Crippen molar-refractivity contribution in [3.05, 3.63) is 77.9 Å². The molecule has 5 heteroatoms. The van der Waals surface area contributed by atoms with E-state index < -0.39 is 11.9 Å². The highest BCUT2D eigenvalue weighted by Crippen LogP contribution is 2.37. The molecule has 0 radical (unpaired) electrons. The summed E-state index contributed by atoms with van der Waals surface area (Å²) in [7, 11) is 0. The van der Waals surface area contributed by atoms with Gasteiger partial charge in [0.25, 0.3) is 0 Å². The largest absolute Gasteiger partial charge is 0.451 e. The molecule has 0 aliphatic rings. The van der Waals surface area contributed by atoms with Crippen molar-refractivity contribution in [2.75, 3.05) is 0 Å². The van der Waals surface area contributed by atoms with Gasteiger partial charge in [-0.2, -0.15) is 13.2 Å². The summed E-state index contributed by atoms with van der Waals surface area (Å²) in [5.41, 5.74) is 1.06. The summed E-state index contributed by atoms with van der Waals surface area (Å²) in [6.45, 7) is 0. The van der Waals surface area contributed by atoms with E-state index in [2.05, 4.69) is 4.98 Å². The van der Waals surface area contributed by atoms with Crippen molar-refractivity contribution in [3.8, 4) is 11.3 Å². The Kier molecular flexibility index (Phi) is 3.71. The van der Waals surface area contributed by atoms with Gasteiger partial charge in [0.15, 0.2) is 5.89 Å². The van der Waals surface area contributed by atoms with Gasteiger partial charge in [-0.05, 0) is 5.56 Å². The number of halogens is 3. The highest BCUT2D eigenvalue weighted by Gasteiger charge is 2.39. The van der Waals surface area contributed by atoms with Gasteiger partial charge in [0.05, 0.1) is 0 Å². The maximum Gasteiger partial charge on any atom is 0.451 e. The lowest BCUT2D eigenvalue weighted by Crippen LogP contribution is -2.05. The first-order valence-electron chi connectivity index (χ1n) is 6.70. The predicted molar refractivity (Wildman–Crippen MR) is 76.2 cm³/mol. The second kappa shape index (κ2) is 5.67. The molecule has 0 aliphatic carbocycles. The number of hydrogen-bond acceptors (Lipinski definition) is 2. The fourth-order valence-electron chi connectivity index (χ4n) is 2.19. The molecule has 0 fully saturated rings. The van der Waals surface area contributed by atoms with Gasteiger partial charge in [0.2, 0.25) is 5.76 Å². The fraction of sp³-hybridized carbons (Fsp3) is 0.118. The molecule has 22 heavy (non-hydrogen) atoms. The second-order valence-corrected chi connectivity index (χ2v) is 4.81. The number of rotatable bonds is 3. The number of oxazole rings is 1. The van der Waals surface area contributed by atoms with Crippen LogP contribution in [0.5, 0.6) is 0 Å². The lowest BCUT2D eigenvalue weighted by Gasteiger charge is -2.04. The Labute approximate surface area is 125 Å². The van der Waals surface area contributed by atoms with Crippen LogP contribution >= 0.6 is 0 Å². The standard InChI is InChI=1S/C17H12F3NO/c18-17(19,20)16-15(13-9-5-2-6-10-13)21-14(22-16)11-12-7-3-1-4-8-12/h1-10H,11H2. The Morgan fingerprint density at radius 2 is 1.45 bits per heavy atom. The van der Waals surface area contributed by atoms with Crippen molar-refractivity contribution in [1.82, 2.24) is 4.98 Å². The Morgan fingerprint density at radius 1 is 0.864 bits per heavy atom. The SMILES string of the molecule is FC(F)(F)c1oc(Cc2ccccc2)nc1-c1ccccc1. The van der Waals surface area contributed by atoms with Crippen LogP contribution in [-0.4, -0.2) is 4.98 Å². The molecule has 0 saturated carbocycles. The summed E-state index contributed by atoms with van der Waals surface area (Å²) >= 11 is 0. The molecule has 0 amide bonds. The Morgan fingerprint density at radius 3 is 2.05 bits per heavy atom. The van der Waals surface area contributed by atoms with Gasteiger partial charge in [-0.1, -0.05) is 60.7 Å². The van der Waals surface area contributed by atoms with Crippen molar-refractivity contribution in [3.63, 3.8) is 0 Å². The molecule has 0 N–H and O–H groups in total. The zero-order chi connectivity index (χ0) is 15.6. The third-order valence-corrected chi connectivity index (χ3v) is 3.17. The molecule has 0 spiro atoms. The van der Waals surface area contributed by atoms with E-state index in [4.69, 9.17) is 4.42 Å². The highest BCUT2D eigenvalue weighted by molar-refractivity contribution is 5.61. The zero-order valence-electron chi connectivity index (χ0n) is 11.5. The normalized spacial score (nSPS) is 11.6. The van der Waals surface area contributed by atoms with E-state index in [0.717, 1.165) is 5.56 Å². The minimum absolute atomic E-state index is 0.0531. The van der Waals surface area contributed by atoms with Crippen LogP contribution in [0.2, 0.25) is 0 Å². The molecule has 3 aromatic rings. The average Bonchev–Trinajstić information content (AvgIpc) is 2.93. The first kappa shape index (κ1) is 14.4. The van der Waals surface area contributed by atoms with Crippen LogP contribution in [0.4, 0.5) is 13.2 Å². The van der Waals surface area contributed by atoms with Crippen LogP contribution < -0.4 is 0 Å². The topological polar surface area (TPSA) is 26.0 Å². The van der Waals surface area contributed by atoms with Gasteiger partial charge < -0.3 is 4.42 Å². The highest BCUT2D eigenvalue weighted by atomic mass is 19.4. The lowest BCUT2D eigenvalue weighted by atomic mass is 10.1. The van der Waals surface area contributed by atoms with Crippen LogP contribution in [0, 0.1) is 0 Å². The number of benzene rings is 2. The number of alkyl halides is 3. The molecule has 0 aliphatic heterocycles. The van der Waals surface area contributed by atoms with Crippen LogP contribution in [0.1, 0.15) is 17.2 Å². The van der Waals surface area contributed by atoms with Gasteiger partial charge in [-0.3, -0.25) is 0 Å². The lowest BCUT2D eigenvalue weighted by molar-refractivity contribution is -0.152. The molecule has 2 nitrogen and oxygen atoms in total. The van der Waals surface area contributed by atoms with Gasteiger partial charge >= 0.3 is 6.18 Å². The molecule has 2 aromatic carbocycles. The fourth-order valence-corrected chi connectivity index (χ4v) is 2.19. The van der Waals surface area contributed by atoms with Crippen LogP contribution in [-0.2, 0) is 12.6 Å². The van der Waals surface area contributed by atoms with E-state index in [1.165, 1.54) is 0 Å². The van der Waals surface area contributed by atoms with Crippen molar-refractivity contribution in [2.24, 2.45) is 0 Å². The number of nitrogens with zero attached hydrogens (tertiary/aromatic N) is 1. The molecule has 3 rings (SSSR count). The number of aromatic nitrogens is 1. The van der Waals surface area contributed by atoms with Gasteiger partial charge in [-0.25, -0.2) is 4.98 Å². The third kappa shape index (κ3) is 3.03. The summed E-state index contributed by atoms with van der Waals surface area (Å²) in [6.07, 6.45) is -4.36. The third-order valence-electron chi connectivity index (χ3n) is 3.17. The zero-order valence-corrected chi connectivity index (χ0v) is 11.5. The first-order chi connectivity index (χ1) is 10.5. The first-order valence-corrected chi connectivity index (χ1v) is 6.70. The molecule has 0 unspecified atom stereocenters. The monoisotopic (exact) mass is 303 g/mol. The van der Waals surface area contributed by atoms with Crippen molar-refractivity contribution >= 4 is 0 Å². The van der Waals surface area contributed by atoms with Crippen LogP contribution in [0.3, 0.4) is 0 Å². The summed E-state index contributed by atoms with van der Waals surface area (Å²) < 4.78 is 44.5. The molecule has 1 heterocycles. The van der Waals surface area contributed by atoms with E-state index in [9.17, 15) is 13.2 Å². The Hall–Kier alpha value is -2.56. The average molecular weight is 303 g/mol. The van der Waals surface area contributed by atoms with Crippen molar-refractivity contribution < 1.29 is 17.6 Å². The van der Waals surface area contributed by atoms with Crippen LogP contribution in [0.25, 0.3) is 11.3 Å². The predicted octanol–water partition coefficient (Wildman–Crippen LogP) is 4.95. The van der Waals surface area contributed by atoms with Crippen molar-refractivity contribution in [1.29, 1.82) is 0 Å². The molecular weight excluding hydrogens is 291 g/mol. The molecule has 112 valence electrons. The smallest absolute Gasteiger partial charge is 0.435 e. The summed E-state index contributed by atoms with van der Waals surface area (Å²) in [6, 6.07) is 17.4. The molecule has 0 saturated heterocycles. The van der Waals surface area contributed by atoms with Crippen molar-refractivity contribution in [2.45, 2.75) is 12.6 Å². The van der Waals surface area contributed by atoms with E-state index in [1.807, 2.05) is 30.3 Å². The maximum absolute atomic E-state index is 13.2. The summed E-state index contributed by atoms with van der Waals surface area (Å²) in [5.74, 6) is -0.998. The molecule has 0 atom stereocenters. The van der Waals surface area contributed by atoms with E-state index in [-0.39, 0.29) is 18.0 Å². The van der Waals surface area contributed by atoms with E-state index in [0.29, 0.717) is 5.56 Å². The summed E-state index contributed by atoms with van der Waals surface area (Å²) in [5, 5.41) is 0. The van der Waals surface area contributed by atoms with Gasteiger partial charge in [-0.15, -0.1) is 0 Å². The maximum atomic E-state index is 13.2. The minimum atomic E-state index is -4.58. The van der Waals surface area contributed by atoms with E-state index >= 15 is 0 Å². The van der Waals surface area contributed by atoms with Gasteiger partial charge in [0.1, 0.15) is 5.69 Å². The minimum Gasteiger partial charge on any atom is -0.435 e. The number of hydrogen-bond donors (Lipinski definition) is 0. The molecule has 1 aromatic heterocycles. The Bertz CT molecular complexity index is 749. The summed E-state index contributed by atoms with van der Waals surface area (Å²) in [4.78, 5) is 4.06.